The van der Waals surface area contributed by atoms with Crippen molar-refractivity contribution in [1.29, 1.82) is 0 Å². The van der Waals surface area contributed by atoms with E-state index in [-0.39, 0.29) is 6.10 Å². The fourth-order valence-electron chi connectivity index (χ4n) is 1.71. The van der Waals surface area contributed by atoms with Gasteiger partial charge >= 0.3 is 0 Å². The van der Waals surface area contributed by atoms with Gasteiger partial charge in [-0.2, -0.15) is 5.10 Å². The zero-order chi connectivity index (χ0) is 13.7. The zero-order valence-electron chi connectivity index (χ0n) is 11.3. The highest BCUT2D eigenvalue weighted by Crippen LogP contribution is 2.20. The van der Waals surface area contributed by atoms with E-state index in [9.17, 15) is 5.11 Å². The number of aromatic nitrogens is 3. The van der Waals surface area contributed by atoms with Crippen LogP contribution in [0.15, 0.2) is 35.2 Å². The van der Waals surface area contributed by atoms with Crippen molar-refractivity contribution in [1.82, 2.24) is 14.8 Å². The topological polar surface area (TPSA) is 50.9 Å². The van der Waals surface area contributed by atoms with E-state index in [4.69, 9.17) is 0 Å². The number of rotatable bonds is 6. The van der Waals surface area contributed by atoms with Gasteiger partial charge in [0, 0.05) is 4.90 Å². The summed E-state index contributed by atoms with van der Waals surface area (Å²) in [7, 11) is 0. The summed E-state index contributed by atoms with van der Waals surface area (Å²) < 4.78 is 1.79. The zero-order valence-corrected chi connectivity index (χ0v) is 12.1. The van der Waals surface area contributed by atoms with Crippen molar-refractivity contribution < 1.29 is 5.11 Å². The predicted molar refractivity (Wildman–Crippen MR) is 77.1 cm³/mol. The van der Waals surface area contributed by atoms with E-state index in [1.807, 2.05) is 32.0 Å². The first-order valence-electron chi connectivity index (χ1n) is 6.45. The van der Waals surface area contributed by atoms with Crippen LogP contribution in [0.3, 0.4) is 0 Å². The standard InChI is InChI=1S/C14H19N3OS/c1-3-12(18)9-17-11(2)15-14(16-17)10-19-13-7-5-4-6-8-13/h4-8,12,18H,3,9-10H2,1-2H3. The van der Waals surface area contributed by atoms with Gasteiger partial charge in [-0.05, 0) is 25.5 Å². The van der Waals surface area contributed by atoms with Gasteiger partial charge in [-0.3, -0.25) is 0 Å². The summed E-state index contributed by atoms with van der Waals surface area (Å²) >= 11 is 1.72. The molecule has 1 heterocycles. The van der Waals surface area contributed by atoms with Crippen LogP contribution in [0.1, 0.15) is 25.0 Å². The third-order valence-electron chi connectivity index (χ3n) is 2.87. The first kappa shape index (κ1) is 14.1. The Balaban J connectivity index is 1.96. The Morgan fingerprint density at radius 1 is 1.32 bits per heavy atom. The summed E-state index contributed by atoms with van der Waals surface area (Å²) in [5, 5.41) is 14.1. The van der Waals surface area contributed by atoms with Gasteiger partial charge in [0.2, 0.25) is 0 Å². The normalized spacial score (nSPS) is 12.6. The lowest BCUT2D eigenvalue weighted by atomic mass is 10.3. The molecule has 0 bridgehead atoms. The Bertz CT molecular complexity index is 513. The molecule has 0 aliphatic rings. The fourth-order valence-corrected chi connectivity index (χ4v) is 2.47. The quantitative estimate of drug-likeness (QED) is 0.825. The Morgan fingerprint density at radius 3 is 2.74 bits per heavy atom. The van der Waals surface area contributed by atoms with Crippen molar-refractivity contribution >= 4 is 11.8 Å². The number of aliphatic hydroxyl groups excluding tert-OH is 1. The molecule has 0 spiro atoms. The van der Waals surface area contributed by atoms with Gasteiger partial charge in [-0.1, -0.05) is 25.1 Å². The molecule has 2 rings (SSSR count). The largest absolute Gasteiger partial charge is 0.391 e. The molecule has 1 aromatic heterocycles. The van der Waals surface area contributed by atoms with Crippen molar-refractivity contribution in [3.05, 3.63) is 42.0 Å². The second kappa shape index (κ2) is 6.73. The highest BCUT2D eigenvalue weighted by atomic mass is 32.2. The lowest BCUT2D eigenvalue weighted by molar-refractivity contribution is 0.144. The third-order valence-corrected chi connectivity index (χ3v) is 3.87. The molecule has 4 nitrogen and oxygen atoms in total. The lowest BCUT2D eigenvalue weighted by Crippen LogP contribution is -2.16. The molecular formula is C14H19N3OS. The Hall–Kier alpha value is -1.33. The number of aryl methyl sites for hydroxylation is 1. The molecule has 0 saturated carbocycles. The van der Waals surface area contributed by atoms with Crippen LogP contribution >= 0.6 is 11.8 Å². The van der Waals surface area contributed by atoms with Gasteiger partial charge in [0.25, 0.3) is 0 Å². The predicted octanol–water partition coefficient (Wildman–Crippen LogP) is 2.65. The first-order chi connectivity index (χ1) is 9.19. The van der Waals surface area contributed by atoms with Gasteiger partial charge in [0.05, 0.1) is 18.4 Å². The van der Waals surface area contributed by atoms with E-state index >= 15 is 0 Å². The maximum atomic E-state index is 9.66. The number of thioether (sulfide) groups is 1. The number of benzene rings is 1. The lowest BCUT2D eigenvalue weighted by Gasteiger charge is -2.07. The Kier molecular flexibility index (Phi) is 4.99. The third kappa shape index (κ3) is 4.08. The molecule has 19 heavy (non-hydrogen) atoms. The monoisotopic (exact) mass is 277 g/mol. The molecule has 2 aromatic rings. The Morgan fingerprint density at radius 2 is 2.05 bits per heavy atom. The van der Waals surface area contributed by atoms with E-state index in [1.165, 1.54) is 4.90 Å². The maximum Gasteiger partial charge on any atom is 0.161 e. The van der Waals surface area contributed by atoms with Crippen LogP contribution in [0.4, 0.5) is 0 Å². The molecule has 5 heteroatoms. The SMILES string of the molecule is CCC(O)Cn1nc(CSc2ccccc2)nc1C. The minimum atomic E-state index is -0.352. The fraction of sp³-hybridized carbons (Fsp3) is 0.429. The summed E-state index contributed by atoms with van der Waals surface area (Å²) in [5.41, 5.74) is 0. The van der Waals surface area contributed by atoms with Crippen molar-refractivity contribution in [2.45, 2.75) is 43.6 Å². The summed E-state index contributed by atoms with van der Waals surface area (Å²) in [6.07, 6.45) is 0.378. The van der Waals surface area contributed by atoms with E-state index in [0.29, 0.717) is 6.54 Å². The molecular weight excluding hydrogens is 258 g/mol. The molecule has 0 amide bonds. The van der Waals surface area contributed by atoms with Crippen molar-refractivity contribution in [2.75, 3.05) is 0 Å². The number of nitrogens with zero attached hydrogens (tertiary/aromatic N) is 3. The van der Waals surface area contributed by atoms with Crippen LogP contribution in [0.2, 0.25) is 0 Å². The van der Waals surface area contributed by atoms with Gasteiger partial charge in [0.15, 0.2) is 5.82 Å². The van der Waals surface area contributed by atoms with Gasteiger partial charge in [0.1, 0.15) is 5.82 Å². The minimum Gasteiger partial charge on any atom is -0.391 e. The summed E-state index contributed by atoms with van der Waals surface area (Å²) in [6.45, 7) is 4.40. The van der Waals surface area contributed by atoms with Gasteiger partial charge < -0.3 is 5.11 Å². The van der Waals surface area contributed by atoms with Crippen LogP contribution < -0.4 is 0 Å². The summed E-state index contributed by atoms with van der Waals surface area (Å²) in [5.74, 6) is 2.42. The van der Waals surface area contributed by atoms with Crippen LogP contribution in [-0.4, -0.2) is 26.0 Å². The molecule has 1 N–H and O–H groups in total. The average molecular weight is 277 g/mol. The van der Waals surface area contributed by atoms with E-state index in [1.54, 1.807) is 16.4 Å². The molecule has 1 atom stereocenters. The highest BCUT2D eigenvalue weighted by molar-refractivity contribution is 7.98. The van der Waals surface area contributed by atoms with E-state index in [2.05, 4.69) is 22.2 Å². The summed E-state index contributed by atoms with van der Waals surface area (Å²) in [4.78, 5) is 5.65. The molecule has 1 unspecified atom stereocenters. The first-order valence-corrected chi connectivity index (χ1v) is 7.44. The van der Waals surface area contributed by atoms with E-state index < -0.39 is 0 Å². The van der Waals surface area contributed by atoms with Crippen LogP contribution in [-0.2, 0) is 12.3 Å². The minimum absolute atomic E-state index is 0.352. The molecule has 102 valence electrons. The number of hydrogen-bond donors (Lipinski definition) is 1. The van der Waals surface area contributed by atoms with E-state index in [0.717, 1.165) is 23.8 Å². The molecule has 0 radical (unpaired) electrons. The van der Waals surface area contributed by atoms with Crippen molar-refractivity contribution in [2.24, 2.45) is 0 Å². The van der Waals surface area contributed by atoms with Gasteiger partial charge in [-0.15, -0.1) is 11.8 Å². The molecule has 0 aliphatic heterocycles. The molecule has 0 fully saturated rings. The number of aliphatic hydroxyl groups is 1. The summed E-state index contributed by atoms with van der Waals surface area (Å²) in [6, 6.07) is 10.2. The van der Waals surface area contributed by atoms with Gasteiger partial charge in [-0.25, -0.2) is 9.67 Å². The Labute approximate surface area is 117 Å². The second-order valence-electron chi connectivity index (χ2n) is 4.42. The van der Waals surface area contributed by atoms with Crippen LogP contribution in [0, 0.1) is 6.92 Å². The van der Waals surface area contributed by atoms with Crippen LogP contribution in [0.25, 0.3) is 0 Å². The maximum absolute atomic E-state index is 9.66. The number of hydrogen-bond acceptors (Lipinski definition) is 4. The average Bonchev–Trinajstić information content (AvgIpc) is 2.78. The van der Waals surface area contributed by atoms with Crippen molar-refractivity contribution in [3.8, 4) is 0 Å². The molecule has 1 aromatic carbocycles. The van der Waals surface area contributed by atoms with Crippen molar-refractivity contribution in [3.63, 3.8) is 0 Å². The molecule has 0 saturated heterocycles. The molecule has 0 aliphatic carbocycles. The van der Waals surface area contributed by atoms with Crippen LogP contribution in [0.5, 0.6) is 0 Å². The smallest absolute Gasteiger partial charge is 0.161 e. The highest BCUT2D eigenvalue weighted by Gasteiger charge is 2.09. The second-order valence-corrected chi connectivity index (χ2v) is 5.47.